The Kier molecular flexibility index (Phi) is 5.14. The molecule has 0 aliphatic carbocycles. The molecular weight excluding hydrogens is 411 g/mol. The summed E-state index contributed by atoms with van der Waals surface area (Å²) in [5, 5.41) is 8.64. The third-order valence-electron chi connectivity index (χ3n) is 5.62. The third-order valence-corrected chi connectivity index (χ3v) is 5.62. The van der Waals surface area contributed by atoms with Crippen molar-refractivity contribution in [2.24, 2.45) is 0 Å². The summed E-state index contributed by atoms with van der Waals surface area (Å²) in [6, 6.07) is 19.7. The van der Waals surface area contributed by atoms with Gasteiger partial charge < -0.3 is 9.80 Å². The fourth-order valence-electron chi connectivity index (χ4n) is 3.91. The standard InChI is InChI=1S/C23H21FN6O2/c24-18-8-4-5-9-20(18)27-12-14-28(15-13-27)22(31)16-29-23(32)30-21(26-29)11-10-19(25-30)17-6-2-1-3-7-17/h1-11H,12-16H2. The summed E-state index contributed by atoms with van der Waals surface area (Å²) in [4.78, 5) is 29.2. The summed E-state index contributed by atoms with van der Waals surface area (Å²) in [6.07, 6.45) is 0. The quantitative estimate of drug-likeness (QED) is 0.493. The number of amides is 1. The summed E-state index contributed by atoms with van der Waals surface area (Å²) < 4.78 is 16.4. The number of carbonyl (C=O) groups excluding carboxylic acids is 1. The van der Waals surface area contributed by atoms with E-state index in [0.717, 1.165) is 10.2 Å². The molecule has 3 heterocycles. The van der Waals surface area contributed by atoms with E-state index in [9.17, 15) is 14.0 Å². The van der Waals surface area contributed by atoms with Crippen molar-refractivity contribution >= 4 is 17.2 Å². The highest BCUT2D eigenvalue weighted by atomic mass is 19.1. The van der Waals surface area contributed by atoms with Crippen LogP contribution in [0.4, 0.5) is 10.1 Å². The number of aromatic nitrogens is 4. The number of halogens is 1. The van der Waals surface area contributed by atoms with E-state index in [2.05, 4.69) is 10.2 Å². The molecule has 0 spiro atoms. The number of para-hydroxylation sites is 1. The minimum atomic E-state index is -0.462. The first-order valence-electron chi connectivity index (χ1n) is 10.4. The summed E-state index contributed by atoms with van der Waals surface area (Å²) in [5.74, 6) is -0.474. The topological polar surface area (TPSA) is 75.7 Å². The van der Waals surface area contributed by atoms with Gasteiger partial charge in [0.05, 0.1) is 11.4 Å². The van der Waals surface area contributed by atoms with Crippen LogP contribution in [-0.4, -0.2) is 56.4 Å². The van der Waals surface area contributed by atoms with Gasteiger partial charge in [-0.05, 0) is 24.3 Å². The van der Waals surface area contributed by atoms with Gasteiger partial charge in [-0.2, -0.15) is 9.61 Å². The van der Waals surface area contributed by atoms with Gasteiger partial charge in [-0.1, -0.05) is 42.5 Å². The highest BCUT2D eigenvalue weighted by Crippen LogP contribution is 2.20. The van der Waals surface area contributed by atoms with Crippen LogP contribution in [0.25, 0.3) is 16.9 Å². The van der Waals surface area contributed by atoms with Crippen molar-refractivity contribution in [3.8, 4) is 11.3 Å². The largest absolute Gasteiger partial charge is 0.367 e. The molecule has 162 valence electrons. The maximum Gasteiger partial charge on any atom is 0.367 e. The van der Waals surface area contributed by atoms with Gasteiger partial charge in [0.15, 0.2) is 5.65 Å². The lowest BCUT2D eigenvalue weighted by Gasteiger charge is -2.36. The molecule has 1 aliphatic heterocycles. The van der Waals surface area contributed by atoms with E-state index in [1.165, 1.54) is 10.6 Å². The molecule has 0 bridgehead atoms. The SMILES string of the molecule is O=C(Cn1nc2ccc(-c3ccccc3)nn2c1=O)N1CCN(c2ccccc2F)CC1. The lowest BCUT2D eigenvalue weighted by atomic mass is 10.1. The molecule has 1 aliphatic rings. The molecular formula is C23H21FN6O2. The molecule has 0 radical (unpaired) electrons. The second-order valence-corrected chi connectivity index (χ2v) is 7.61. The molecule has 0 unspecified atom stereocenters. The normalized spacial score (nSPS) is 14.2. The van der Waals surface area contributed by atoms with E-state index >= 15 is 0 Å². The van der Waals surface area contributed by atoms with Crippen LogP contribution >= 0.6 is 0 Å². The molecule has 2 aromatic carbocycles. The van der Waals surface area contributed by atoms with Crippen LogP contribution in [-0.2, 0) is 11.3 Å². The lowest BCUT2D eigenvalue weighted by Crippen LogP contribution is -2.50. The van der Waals surface area contributed by atoms with Crippen LogP contribution in [0, 0.1) is 5.82 Å². The van der Waals surface area contributed by atoms with Crippen LogP contribution in [0.15, 0.2) is 71.5 Å². The zero-order chi connectivity index (χ0) is 22.1. The molecule has 1 saturated heterocycles. The Hall–Kier alpha value is -4.01. The molecule has 1 fully saturated rings. The second-order valence-electron chi connectivity index (χ2n) is 7.61. The van der Waals surface area contributed by atoms with Crippen molar-refractivity contribution < 1.29 is 9.18 Å². The van der Waals surface area contributed by atoms with E-state index in [1.807, 2.05) is 35.2 Å². The number of hydrogen-bond donors (Lipinski definition) is 0. The molecule has 8 nitrogen and oxygen atoms in total. The zero-order valence-electron chi connectivity index (χ0n) is 17.3. The highest BCUT2D eigenvalue weighted by Gasteiger charge is 2.24. The van der Waals surface area contributed by atoms with Crippen LogP contribution in [0.2, 0.25) is 0 Å². The average Bonchev–Trinajstić information content (AvgIpc) is 3.14. The molecule has 9 heteroatoms. The summed E-state index contributed by atoms with van der Waals surface area (Å²) in [6.45, 7) is 1.78. The first-order valence-corrected chi connectivity index (χ1v) is 10.4. The smallest absolute Gasteiger partial charge is 0.366 e. The fraction of sp³-hybridized carbons (Fsp3) is 0.217. The summed E-state index contributed by atoms with van der Waals surface area (Å²) in [7, 11) is 0. The second kappa shape index (κ2) is 8.26. The number of nitrogens with zero attached hydrogens (tertiary/aromatic N) is 6. The lowest BCUT2D eigenvalue weighted by molar-refractivity contribution is -0.132. The van der Waals surface area contributed by atoms with Crippen molar-refractivity contribution in [3.05, 3.63) is 83.0 Å². The van der Waals surface area contributed by atoms with Crippen molar-refractivity contribution in [2.45, 2.75) is 6.54 Å². The Morgan fingerprint density at radius 1 is 0.875 bits per heavy atom. The first-order chi connectivity index (χ1) is 15.6. The Morgan fingerprint density at radius 2 is 1.59 bits per heavy atom. The number of carbonyl (C=O) groups is 1. The Morgan fingerprint density at radius 3 is 2.34 bits per heavy atom. The van der Waals surface area contributed by atoms with Crippen LogP contribution in [0.5, 0.6) is 0 Å². The Bertz CT molecular complexity index is 1330. The number of rotatable bonds is 4. The van der Waals surface area contributed by atoms with E-state index in [1.54, 1.807) is 35.2 Å². The van der Waals surface area contributed by atoms with Crippen molar-refractivity contribution in [1.82, 2.24) is 24.3 Å². The van der Waals surface area contributed by atoms with Gasteiger partial charge in [-0.25, -0.2) is 13.9 Å². The van der Waals surface area contributed by atoms with E-state index < -0.39 is 5.69 Å². The van der Waals surface area contributed by atoms with Gasteiger partial charge in [0.25, 0.3) is 0 Å². The molecule has 2 aromatic heterocycles. The van der Waals surface area contributed by atoms with Crippen LogP contribution < -0.4 is 10.6 Å². The number of piperazine rings is 1. The first kappa shape index (κ1) is 19.9. The maximum atomic E-state index is 14.0. The van der Waals surface area contributed by atoms with Gasteiger partial charge >= 0.3 is 5.69 Å². The monoisotopic (exact) mass is 432 g/mol. The summed E-state index contributed by atoms with van der Waals surface area (Å²) >= 11 is 0. The number of anilines is 1. The average molecular weight is 432 g/mol. The minimum absolute atomic E-state index is 0.164. The molecule has 5 rings (SSSR count). The molecule has 4 aromatic rings. The molecule has 0 saturated carbocycles. The number of hydrogen-bond acceptors (Lipinski definition) is 5. The molecule has 0 N–H and O–H groups in total. The van der Waals surface area contributed by atoms with E-state index in [0.29, 0.717) is 43.2 Å². The minimum Gasteiger partial charge on any atom is -0.366 e. The third kappa shape index (κ3) is 3.73. The van der Waals surface area contributed by atoms with Crippen molar-refractivity contribution in [3.63, 3.8) is 0 Å². The van der Waals surface area contributed by atoms with Gasteiger partial charge in [0.1, 0.15) is 12.4 Å². The van der Waals surface area contributed by atoms with Crippen LogP contribution in [0.3, 0.4) is 0 Å². The van der Waals surface area contributed by atoms with E-state index in [-0.39, 0.29) is 18.3 Å². The Balaban J connectivity index is 1.29. The molecule has 32 heavy (non-hydrogen) atoms. The maximum absolute atomic E-state index is 14.0. The van der Waals surface area contributed by atoms with Gasteiger partial charge in [-0.3, -0.25) is 4.79 Å². The Labute approximate surface area is 183 Å². The van der Waals surface area contributed by atoms with Crippen molar-refractivity contribution in [1.29, 1.82) is 0 Å². The molecule has 1 amide bonds. The zero-order valence-corrected chi connectivity index (χ0v) is 17.3. The van der Waals surface area contributed by atoms with Gasteiger partial charge in [0, 0.05) is 31.7 Å². The van der Waals surface area contributed by atoms with Gasteiger partial charge in [0.2, 0.25) is 5.91 Å². The highest BCUT2D eigenvalue weighted by molar-refractivity contribution is 5.76. The van der Waals surface area contributed by atoms with Gasteiger partial charge in [-0.15, -0.1) is 5.10 Å². The van der Waals surface area contributed by atoms with E-state index in [4.69, 9.17) is 0 Å². The predicted octanol–water partition coefficient (Wildman–Crippen LogP) is 2.05. The fourth-order valence-corrected chi connectivity index (χ4v) is 3.91. The predicted molar refractivity (Wildman–Crippen MR) is 118 cm³/mol. The summed E-state index contributed by atoms with van der Waals surface area (Å²) in [5.41, 5.74) is 1.99. The van der Waals surface area contributed by atoms with Crippen LogP contribution in [0.1, 0.15) is 0 Å². The van der Waals surface area contributed by atoms with Crippen molar-refractivity contribution in [2.75, 3.05) is 31.1 Å². The number of fused-ring (bicyclic) bond motifs is 1. The number of benzene rings is 2. The molecule has 0 atom stereocenters.